The smallest absolute Gasteiger partial charge is 0.451 e. The van der Waals surface area contributed by atoms with Crippen molar-refractivity contribution < 1.29 is 56.7 Å². The molecule has 8 aliphatic carbocycles. The highest BCUT2D eigenvalue weighted by Crippen LogP contribution is 2.67. The third-order valence-corrected chi connectivity index (χ3v) is 20.3. The van der Waals surface area contributed by atoms with E-state index >= 15 is 0 Å². The monoisotopic (exact) mass is 1160 g/mol. The molecule has 14 rings (SSSR count). The average molecular weight is 1170 g/mol. The van der Waals surface area contributed by atoms with Gasteiger partial charge in [-0.2, -0.15) is 0 Å². The third kappa shape index (κ3) is 13.2. The fourth-order valence-electron chi connectivity index (χ4n) is 15.4. The van der Waals surface area contributed by atoms with Crippen LogP contribution >= 0.6 is 24.0 Å². The van der Waals surface area contributed by atoms with Gasteiger partial charge in [0.05, 0.1) is 41.4 Å². The number of nitrogens with one attached hydrogen (secondary N) is 1. The molecule has 4 aliphatic heterocycles. The van der Waals surface area contributed by atoms with E-state index in [0.717, 1.165) is 43.6 Å². The molecule has 0 aromatic heterocycles. The van der Waals surface area contributed by atoms with Crippen LogP contribution in [-0.2, 0) is 50.4 Å². The fourth-order valence-corrected chi connectivity index (χ4v) is 15.4. The van der Waals surface area contributed by atoms with E-state index in [4.69, 9.17) is 54.9 Å². The molecule has 12 fully saturated rings. The van der Waals surface area contributed by atoms with Crippen molar-refractivity contribution in [1.29, 1.82) is 0 Å². The Kier molecular flexibility index (Phi) is 18.4. The molecule has 4 bridgehead atoms. The van der Waals surface area contributed by atoms with Crippen LogP contribution in [0.25, 0.3) is 0 Å². The van der Waals surface area contributed by atoms with Crippen molar-refractivity contribution in [3.8, 4) is 0 Å². The standard InChI is InChI=1S/C30H43BN2O6.C18H26BNO2.C12H18ClNO4.CH4.ClH/c1-28(2,3)37-27(35)33-16-19-13-21(19)22(33)17-36-26(34)32-25(12-18-10-8-7-9-11-18)31-38-24-15-20-14-23(29(20,4)5)30(24,6)39-31;1-17(2)13-10-14(17)18(3)15(11-13)21-19(22-18)16(20)9-12-7-5-4-6-8-12;1-12(2,3)18-11(16)14-5-7-4-8(7)9(14)6-17-10(13)15;;/h7-11,19-25H,12-17H2,1-6H3,(H,32,34);4-8,13-16H,9-11,20H2,1-3H3;7-9H,4-6H2,1-3H3;1H4;1H/t19-,20+,21-,22-,23+,24-,25+,30+;13-,14-,15+,16-,18-;7-,8-,9-;;/m101../s1. The fraction of sp³-hybridized carbons (Fsp3) is 0.738. The molecule has 0 spiro atoms. The van der Waals surface area contributed by atoms with E-state index in [2.05, 4.69) is 71.1 Å². The quantitative estimate of drug-likeness (QED) is 0.123. The van der Waals surface area contributed by atoms with Crippen molar-refractivity contribution in [3.05, 3.63) is 71.8 Å². The number of benzene rings is 2. The number of halogens is 2. The van der Waals surface area contributed by atoms with Crippen molar-refractivity contribution in [3.63, 3.8) is 0 Å². The molecule has 8 saturated carbocycles. The number of carbonyl (C=O) groups excluding carboxylic acids is 4. The van der Waals surface area contributed by atoms with Gasteiger partial charge < -0.3 is 58.4 Å². The number of amides is 3. The summed E-state index contributed by atoms with van der Waals surface area (Å²) in [6, 6.07) is 20.2. The summed E-state index contributed by atoms with van der Waals surface area (Å²) in [5, 5.41) is 3.07. The maximum absolute atomic E-state index is 13.2. The molecule has 4 heterocycles. The lowest BCUT2D eigenvalue weighted by Gasteiger charge is -2.64. The summed E-state index contributed by atoms with van der Waals surface area (Å²) in [5.41, 5.74) is 6.93. The number of hydrogen-bond acceptors (Lipinski definition) is 13. The van der Waals surface area contributed by atoms with Gasteiger partial charge in [-0.15, -0.1) is 12.4 Å². The van der Waals surface area contributed by atoms with E-state index in [1.165, 1.54) is 18.4 Å². The molecule has 16 atom stereocenters. The summed E-state index contributed by atoms with van der Waals surface area (Å²) < 4.78 is 47.4. The van der Waals surface area contributed by atoms with Crippen molar-refractivity contribution in [2.24, 2.45) is 63.9 Å². The highest BCUT2D eigenvalue weighted by molar-refractivity contribution is 6.61. The first-order valence-corrected chi connectivity index (χ1v) is 29.7. The molecule has 3 N–H and O–H groups in total. The Morgan fingerprint density at radius 2 is 1.07 bits per heavy atom. The second-order valence-electron chi connectivity index (χ2n) is 28.3. The van der Waals surface area contributed by atoms with Gasteiger partial charge in [-0.1, -0.05) is 95.8 Å². The summed E-state index contributed by atoms with van der Waals surface area (Å²) in [6.07, 6.45) is 7.14. The van der Waals surface area contributed by atoms with E-state index in [9.17, 15) is 19.2 Å². The predicted octanol–water partition coefficient (Wildman–Crippen LogP) is 11.3. The minimum Gasteiger partial charge on any atom is -0.451 e. The van der Waals surface area contributed by atoms with Crippen LogP contribution < -0.4 is 11.1 Å². The lowest BCUT2D eigenvalue weighted by Crippen LogP contribution is -2.65. The molecule has 2 aromatic rings. The first kappa shape index (κ1) is 63.3. The Bertz CT molecular complexity index is 2560. The number of rotatable bonds is 11. The van der Waals surface area contributed by atoms with Crippen molar-refractivity contribution in [1.82, 2.24) is 15.1 Å². The normalized spacial score (nSPS) is 35.0. The van der Waals surface area contributed by atoms with Crippen LogP contribution in [0.5, 0.6) is 0 Å². The molecular formula is C61H92B2Cl2N4O12. The minimum atomic E-state index is -0.830. The Morgan fingerprint density at radius 3 is 1.51 bits per heavy atom. The van der Waals surface area contributed by atoms with Crippen LogP contribution in [-0.4, -0.2) is 133 Å². The van der Waals surface area contributed by atoms with Gasteiger partial charge in [0.25, 0.3) is 0 Å². The van der Waals surface area contributed by atoms with Crippen LogP contribution in [0.15, 0.2) is 60.7 Å². The number of alkyl carbamates (subject to hydrolysis) is 1. The molecule has 3 amide bonds. The summed E-state index contributed by atoms with van der Waals surface area (Å²) in [5.74, 6) is 3.75. The van der Waals surface area contributed by atoms with Crippen LogP contribution in [0.1, 0.15) is 140 Å². The molecular weight excluding hydrogens is 1070 g/mol. The SMILES string of the molecule is C.CC(C)(C)OC(=O)N1C[C@H]2C[C@H]2[C@H]1COC(=O)Cl.CC(C)(C)OC(=O)N1C[C@H]2C[C@H]2[C@H]1COC(=O)N[C@@H](Cc1ccccc1)B1O[C@@H]2C[C@@H]3C[C@@H](C3(C)C)[C@]2(C)O1.CC1(C)[C@@H]2C[C@H]3OB([C@@H](N)Cc4ccccc4)O[C@@]3(C)[C@H]1C2.Cl. The van der Waals surface area contributed by atoms with Gasteiger partial charge in [-0.05, 0) is 176 Å². The van der Waals surface area contributed by atoms with Gasteiger partial charge in [0.1, 0.15) is 24.4 Å². The van der Waals surface area contributed by atoms with Gasteiger partial charge in [0, 0.05) is 30.6 Å². The van der Waals surface area contributed by atoms with E-state index in [1.807, 2.05) is 77.9 Å². The van der Waals surface area contributed by atoms with Gasteiger partial charge in [-0.3, -0.25) is 0 Å². The van der Waals surface area contributed by atoms with Crippen molar-refractivity contribution in [2.45, 2.75) is 200 Å². The predicted molar refractivity (Wildman–Crippen MR) is 315 cm³/mol. The van der Waals surface area contributed by atoms with Gasteiger partial charge >= 0.3 is 37.9 Å². The number of ether oxygens (including phenoxy) is 4. The maximum atomic E-state index is 13.2. The number of carbonyl (C=O) groups is 4. The lowest BCUT2D eigenvalue weighted by molar-refractivity contribution is -0.199. The zero-order valence-corrected chi connectivity index (χ0v) is 50.7. The first-order chi connectivity index (χ1) is 37.0. The largest absolute Gasteiger partial charge is 0.482 e. The Labute approximate surface area is 494 Å². The summed E-state index contributed by atoms with van der Waals surface area (Å²) in [7, 11) is -0.828. The Balaban J connectivity index is 0.000000173. The van der Waals surface area contributed by atoms with Gasteiger partial charge in [0.2, 0.25) is 0 Å². The Morgan fingerprint density at radius 1 is 0.654 bits per heavy atom. The number of fused-ring (bicyclic) bond motifs is 2. The summed E-state index contributed by atoms with van der Waals surface area (Å²) in [4.78, 5) is 52.0. The highest BCUT2D eigenvalue weighted by atomic mass is 35.5. The number of nitrogens with two attached hydrogens (primary N) is 1. The van der Waals surface area contributed by atoms with Crippen LogP contribution in [0.3, 0.4) is 0 Å². The van der Waals surface area contributed by atoms with Crippen molar-refractivity contribution >= 4 is 62.0 Å². The third-order valence-electron chi connectivity index (χ3n) is 20.1. The molecule has 2 aromatic carbocycles. The van der Waals surface area contributed by atoms with Crippen molar-refractivity contribution in [2.75, 3.05) is 26.3 Å². The van der Waals surface area contributed by atoms with Gasteiger partial charge in [-0.25, -0.2) is 19.2 Å². The second kappa shape index (κ2) is 23.6. The lowest BCUT2D eigenvalue weighted by atomic mass is 9.43. The average Bonchev–Trinajstić information content (AvgIpc) is 4.22. The second-order valence-corrected chi connectivity index (χ2v) is 28.6. The zero-order chi connectivity index (χ0) is 56.8. The molecule has 12 aliphatic rings. The topological polar surface area (TPSA) is 187 Å². The van der Waals surface area contributed by atoms with E-state index < -0.39 is 35.8 Å². The maximum Gasteiger partial charge on any atom is 0.482 e. The van der Waals surface area contributed by atoms with E-state index in [-0.39, 0.29) is 99.2 Å². The van der Waals surface area contributed by atoms with Crippen LogP contribution in [0, 0.1) is 58.2 Å². The van der Waals surface area contributed by atoms with Gasteiger partial charge in [0.15, 0.2) is 0 Å². The first-order valence-electron chi connectivity index (χ1n) is 29.3. The minimum absolute atomic E-state index is 0. The molecule has 16 nitrogen and oxygen atoms in total. The molecule has 4 saturated heterocycles. The molecule has 448 valence electrons. The van der Waals surface area contributed by atoms with E-state index in [0.29, 0.717) is 66.4 Å². The number of likely N-dealkylation sites (tertiary alicyclic amines) is 2. The van der Waals surface area contributed by atoms with E-state index in [1.54, 1.807) is 9.80 Å². The Hall–Kier alpha value is -3.77. The zero-order valence-electron chi connectivity index (χ0n) is 49.2. The summed E-state index contributed by atoms with van der Waals surface area (Å²) in [6.45, 7) is 26.6. The molecule has 0 radical (unpaired) electrons. The highest BCUT2D eigenvalue weighted by Gasteiger charge is 2.70. The molecule has 81 heavy (non-hydrogen) atoms. The molecule has 0 unspecified atom stereocenters. The van der Waals surface area contributed by atoms with Crippen LogP contribution in [0.4, 0.5) is 19.2 Å². The molecule has 20 heteroatoms. The van der Waals surface area contributed by atoms with Crippen LogP contribution in [0.2, 0.25) is 0 Å². The summed E-state index contributed by atoms with van der Waals surface area (Å²) >= 11 is 5.16. The number of hydrogen-bond donors (Lipinski definition) is 2. The number of nitrogens with zero attached hydrogens (tertiary/aromatic N) is 2. The number of piperidine rings is 2.